The Morgan fingerprint density at radius 3 is 2.73 bits per heavy atom. The summed E-state index contributed by atoms with van der Waals surface area (Å²) in [4.78, 5) is 0. The first-order valence-electron chi connectivity index (χ1n) is 4.21. The van der Waals surface area contributed by atoms with Crippen LogP contribution < -0.4 is 0 Å². The van der Waals surface area contributed by atoms with E-state index in [9.17, 15) is 4.39 Å². The lowest BCUT2D eigenvalue weighted by Crippen LogP contribution is -2.44. The van der Waals surface area contributed by atoms with Gasteiger partial charge in [0.1, 0.15) is 6.17 Å². The molecule has 0 aliphatic heterocycles. The molecule has 2 bridgehead atoms. The number of fused-ring (bicyclic) bond motifs is 1. The average molecular weight is 152 g/mol. The molecule has 3 rings (SSSR count). The van der Waals surface area contributed by atoms with Gasteiger partial charge in [-0.1, -0.05) is 30.7 Å². The number of halogens is 1. The van der Waals surface area contributed by atoms with Gasteiger partial charge in [0.05, 0.1) is 0 Å². The minimum atomic E-state index is -0.612. The second kappa shape index (κ2) is 2.20. The molecule has 0 N–H and O–H groups in total. The third-order valence-electron chi connectivity index (χ3n) is 2.99. The fraction of sp³-hybridized carbons (Fsp3) is 0.600. The fourth-order valence-corrected chi connectivity index (χ4v) is 2.09. The maximum absolute atomic E-state index is 13.2. The summed E-state index contributed by atoms with van der Waals surface area (Å²) >= 11 is 0. The minimum absolute atomic E-state index is 0.189. The maximum Gasteiger partial charge on any atom is 0.113 e. The van der Waals surface area contributed by atoms with Crippen LogP contribution in [0, 0.1) is 17.8 Å². The average Bonchev–Trinajstić information content (AvgIpc) is 2.21. The number of hydrogen-bond acceptors (Lipinski definition) is 0. The molecule has 0 nitrogen and oxygen atoms in total. The normalized spacial score (nSPS) is 47.7. The van der Waals surface area contributed by atoms with Crippen molar-refractivity contribution in [2.45, 2.75) is 20.0 Å². The van der Waals surface area contributed by atoms with Crippen LogP contribution in [0.2, 0.25) is 0 Å². The zero-order valence-electron chi connectivity index (χ0n) is 6.92. The molecule has 4 atom stereocenters. The van der Waals surface area contributed by atoms with Crippen molar-refractivity contribution in [1.29, 1.82) is 0 Å². The van der Waals surface area contributed by atoms with Gasteiger partial charge in [-0.2, -0.15) is 0 Å². The second-order valence-electron chi connectivity index (χ2n) is 3.73. The molecular formula is C10H13F. The molecule has 0 saturated heterocycles. The van der Waals surface area contributed by atoms with Crippen molar-refractivity contribution in [2.75, 3.05) is 0 Å². The van der Waals surface area contributed by atoms with Crippen LogP contribution in [-0.4, -0.2) is 6.17 Å². The molecule has 0 aromatic rings. The Morgan fingerprint density at radius 1 is 1.36 bits per heavy atom. The summed E-state index contributed by atoms with van der Waals surface area (Å²) in [5, 5.41) is 0. The van der Waals surface area contributed by atoms with Crippen LogP contribution in [0.5, 0.6) is 0 Å². The molecule has 3 aliphatic carbocycles. The Kier molecular flexibility index (Phi) is 1.41. The SMILES string of the molecule is CC1=CC2C(C)C(C=C1)C2F. The molecule has 60 valence electrons. The molecule has 3 aliphatic rings. The van der Waals surface area contributed by atoms with Gasteiger partial charge in [0.25, 0.3) is 0 Å². The number of hydrogen-bond donors (Lipinski definition) is 0. The van der Waals surface area contributed by atoms with Crippen LogP contribution in [-0.2, 0) is 0 Å². The first kappa shape index (κ1) is 7.08. The highest BCUT2D eigenvalue weighted by Gasteiger charge is 2.46. The second-order valence-corrected chi connectivity index (χ2v) is 3.73. The number of allylic oxidation sites excluding steroid dienone is 4. The summed E-state index contributed by atoms with van der Waals surface area (Å²) in [6, 6.07) is 0. The first-order chi connectivity index (χ1) is 5.20. The Balaban J connectivity index is 2.30. The van der Waals surface area contributed by atoms with E-state index < -0.39 is 6.17 Å². The predicted octanol–water partition coefficient (Wildman–Crippen LogP) is 2.72. The Labute approximate surface area is 66.8 Å². The lowest BCUT2D eigenvalue weighted by molar-refractivity contribution is 0.0234. The monoisotopic (exact) mass is 152 g/mol. The van der Waals surface area contributed by atoms with E-state index in [-0.39, 0.29) is 11.8 Å². The van der Waals surface area contributed by atoms with E-state index in [0.29, 0.717) is 5.92 Å². The van der Waals surface area contributed by atoms with Crippen molar-refractivity contribution in [3.63, 3.8) is 0 Å². The zero-order valence-corrected chi connectivity index (χ0v) is 6.92. The number of rotatable bonds is 0. The van der Waals surface area contributed by atoms with E-state index in [1.165, 1.54) is 5.57 Å². The van der Waals surface area contributed by atoms with E-state index in [2.05, 4.69) is 13.0 Å². The standard InChI is InChI=1S/C10H13F/c1-6-3-4-8-7(2)9(5-6)10(8)11/h3-5,7-10H,1-2H3. The molecule has 0 radical (unpaired) electrons. The van der Waals surface area contributed by atoms with Gasteiger partial charge < -0.3 is 0 Å². The molecule has 0 amide bonds. The van der Waals surface area contributed by atoms with Crippen LogP contribution in [0.4, 0.5) is 4.39 Å². The molecule has 1 saturated carbocycles. The summed E-state index contributed by atoms with van der Waals surface area (Å²) in [5.41, 5.74) is 1.21. The van der Waals surface area contributed by atoms with Crippen molar-refractivity contribution in [3.05, 3.63) is 23.8 Å². The van der Waals surface area contributed by atoms with E-state index in [0.717, 1.165) is 0 Å². The lowest BCUT2D eigenvalue weighted by atomic mass is 9.65. The van der Waals surface area contributed by atoms with Crippen molar-refractivity contribution in [3.8, 4) is 0 Å². The minimum Gasteiger partial charge on any atom is -0.246 e. The van der Waals surface area contributed by atoms with E-state index in [1.807, 2.05) is 19.1 Å². The zero-order chi connectivity index (χ0) is 8.01. The van der Waals surface area contributed by atoms with Crippen LogP contribution in [0.3, 0.4) is 0 Å². The molecular weight excluding hydrogens is 139 g/mol. The maximum atomic E-state index is 13.2. The highest BCUT2D eigenvalue weighted by Crippen LogP contribution is 2.46. The van der Waals surface area contributed by atoms with E-state index in [4.69, 9.17) is 0 Å². The topological polar surface area (TPSA) is 0 Å². The van der Waals surface area contributed by atoms with Gasteiger partial charge >= 0.3 is 0 Å². The Hall–Kier alpha value is -0.590. The quantitative estimate of drug-likeness (QED) is 0.500. The van der Waals surface area contributed by atoms with Crippen LogP contribution in [0.15, 0.2) is 23.8 Å². The predicted molar refractivity (Wildman–Crippen MR) is 43.9 cm³/mol. The molecule has 0 aromatic carbocycles. The van der Waals surface area contributed by atoms with Gasteiger partial charge in [-0.3, -0.25) is 0 Å². The summed E-state index contributed by atoms with van der Waals surface area (Å²) in [6.45, 7) is 4.17. The third-order valence-corrected chi connectivity index (χ3v) is 2.99. The van der Waals surface area contributed by atoms with Gasteiger partial charge in [-0.05, 0) is 12.8 Å². The van der Waals surface area contributed by atoms with E-state index in [1.54, 1.807) is 0 Å². The molecule has 11 heavy (non-hydrogen) atoms. The largest absolute Gasteiger partial charge is 0.246 e. The fourth-order valence-electron chi connectivity index (χ4n) is 2.09. The lowest BCUT2D eigenvalue weighted by Gasteiger charge is -2.42. The van der Waals surface area contributed by atoms with Crippen LogP contribution in [0.25, 0.3) is 0 Å². The van der Waals surface area contributed by atoms with Crippen molar-refractivity contribution >= 4 is 0 Å². The van der Waals surface area contributed by atoms with E-state index >= 15 is 0 Å². The third kappa shape index (κ3) is 0.867. The highest BCUT2D eigenvalue weighted by atomic mass is 19.1. The van der Waals surface area contributed by atoms with Gasteiger partial charge in [0.2, 0.25) is 0 Å². The molecule has 4 unspecified atom stereocenters. The van der Waals surface area contributed by atoms with Gasteiger partial charge in [0, 0.05) is 11.8 Å². The van der Waals surface area contributed by atoms with Gasteiger partial charge in [0.15, 0.2) is 0 Å². The number of alkyl halides is 1. The summed E-state index contributed by atoms with van der Waals surface area (Å²) in [6.07, 6.45) is 5.51. The summed E-state index contributed by atoms with van der Waals surface area (Å²) in [5.74, 6) is 0.891. The van der Waals surface area contributed by atoms with Crippen molar-refractivity contribution in [2.24, 2.45) is 17.8 Å². The van der Waals surface area contributed by atoms with Gasteiger partial charge in [-0.25, -0.2) is 4.39 Å². The molecule has 1 heteroatoms. The van der Waals surface area contributed by atoms with Crippen molar-refractivity contribution in [1.82, 2.24) is 0 Å². The highest BCUT2D eigenvalue weighted by molar-refractivity contribution is 5.27. The smallest absolute Gasteiger partial charge is 0.113 e. The molecule has 1 fully saturated rings. The molecule has 0 heterocycles. The van der Waals surface area contributed by atoms with Crippen LogP contribution >= 0.6 is 0 Å². The first-order valence-corrected chi connectivity index (χ1v) is 4.21. The van der Waals surface area contributed by atoms with Crippen LogP contribution in [0.1, 0.15) is 13.8 Å². The Morgan fingerprint density at radius 2 is 2.09 bits per heavy atom. The summed E-state index contributed by atoms with van der Waals surface area (Å²) < 4.78 is 13.2. The molecule has 0 aromatic heterocycles. The molecule has 0 spiro atoms. The van der Waals surface area contributed by atoms with Crippen molar-refractivity contribution < 1.29 is 4.39 Å². The summed E-state index contributed by atoms with van der Waals surface area (Å²) in [7, 11) is 0. The van der Waals surface area contributed by atoms with Gasteiger partial charge in [-0.15, -0.1) is 0 Å². The Bertz CT molecular complexity index is 217.